The second-order valence-corrected chi connectivity index (χ2v) is 4.25. The number of para-hydroxylation sites is 1. The van der Waals surface area contributed by atoms with Crippen molar-refractivity contribution in [3.63, 3.8) is 0 Å². The third-order valence-electron chi connectivity index (χ3n) is 2.92. The van der Waals surface area contributed by atoms with Gasteiger partial charge in [-0.2, -0.15) is 0 Å². The quantitative estimate of drug-likeness (QED) is 0.774. The number of aromatic carboxylic acids is 1. The molecule has 0 aliphatic heterocycles. The molecule has 2 N–H and O–H groups in total. The number of fused-ring (bicyclic) bond motifs is 1. The van der Waals surface area contributed by atoms with Gasteiger partial charge in [-0.15, -0.1) is 12.4 Å². The van der Waals surface area contributed by atoms with Crippen molar-refractivity contribution in [1.82, 2.24) is 9.97 Å². The predicted octanol–water partition coefficient (Wildman–Crippen LogP) is 3.49. The zero-order valence-electron chi connectivity index (χ0n) is 10.9. The maximum atomic E-state index is 11.0. The molecule has 6 heteroatoms. The smallest absolute Gasteiger partial charge is 0.335 e. The lowest BCUT2D eigenvalue weighted by Crippen LogP contribution is -1.99. The molecule has 1 heterocycles. The average molecular weight is 302 g/mol. The molecule has 0 bridgehead atoms. The number of nitrogens with one attached hydrogen (secondary N) is 1. The molecule has 0 fully saturated rings. The number of rotatable bonds is 3. The lowest BCUT2D eigenvalue weighted by molar-refractivity contribution is 0.0697. The van der Waals surface area contributed by atoms with E-state index in [0.29, 0.717) is 11.5 Å². The van der Waals surface area contributed by atoms with Gasteiger partial charge in [-0.3, -0.25) is 0 Å². The normalized spacial score (nSPS) is 9.90. The zero-order chi connectivity index (χ0) is 13.9. The first-order valence-corrected chi connectivity index (χ1v) is 6.04. The van der Waals surface area contributed by atoms with Gasteiger partial charge < -0.3 is 10.4 Å². The highest BCUT2D eigenvalue weighted by Gasteiger charge is 2.06. The van der Waals surface area contributed by atoms with Crippen LogP contribution in [0.1, 0.15) is 10.4 Å². The summed E-state index contributed by atoms with van der Waals surface area (Å²) in [5.41, 5.74) is 1.74. The summed E-state index contributed by atoms with van der Waals surface area (Å²) in [6.45, 7) is 0. The maximum absolute atomic E-state index is 11.0. The van der Waals surface area contributed by atoms with Gasteiger partial charge >= 0.3 is 5.97 Å². The minimum atomic E-state index is -0.957. The summed E-state index contributed by atoms with van der Waals surface area (Å²) in [7, 11) is 0. The van der Waals surface area contributed by atoms with Gasteiger partial charge in [0.15, 0.2) is 0 Å². The van der Waals surface area contributed by atoms with Gasteiger partial charge in [-0.05, 0) is 30.3 Å². The molecule has 5 nitrogen and oxygen atoms in total. The number of nitrogens with zero attached hydrogens (tertiary/aromatic N) is 2. The average Bonchev–Trinajstić information content (AvgIpc) is 2.48. The number of carboxylic acids is 1. The Bertz CT molecular complexity index is 787. The van der Waals surface area contributed by atoms with E-state index in [-0.39, 0.29) is 18.0 Å². The number of carbonyl (C=O) groups is 1. The largest absolute Gasteiger partial charge is 0.478 e. The minimum Gasteiger partial charge on any atom is -0.478 e. The Kier molecular flexibility index (Phi) is 4.35. The molecule has 2 aromatic carbocycles. The van der Waals surface area contributed by atoms with E-state index in [1.54, 1.807) is 24.3 Å². The van der Waals surface area contributed by atoms with Crippen molar-refractivity contribution in [1.29, 1.82) is 0 Å². The van der Waals surface area contributed by atoms with Gasteiger partial charge in [0.25, 0.3) is 0 Å². The molecule has 0 radical (unpaired) electrons. The van der Waals surface area contributed by atoms with Crippen molar-refractivity contribution >= 4 is 40.8 Å². The molecule has 0 aliphatic rings. The Morgan fingerprint density at radius 3 is 2.67 bits per heavy atom. The number of carboxylic acid groups (broad SMARTS) is 1. The molecule has 0 atom stereocenters. The lowest BCUT2D eigenvalue weighted by Gasteiger charge is -2.08. The van der Waals surface area contributed by atoms with Crippen molar-refractivity contribution in [2.75, 3.05) is 5.32 Å². The number of aromatic nitrogens is 2. The fourth-order valence-corrected chi connectivity index (χ4v) is 1.97. The van der Waals surface area contributed by atoms with Gasteiger partial charge in [0.1, 0.15) is 12.1 Å². The fraction of sp³-hybridized carbons (Fsp3) is 0. The van der Waals surface area contributed by atoms with Crippen LogP contribution in [0, 0.1) is 0 Å². The Labute approximate surface area is 127 Å². The third kappa shape index (κ3) is 3.09. The fourth-order valence-electron chi connectivity index (χ4n) is 1.97. The van der Waals surface area contributed by atoms with Crippen LogP contribution in [0.25, 0.3) is 10.9 Å². The van der Waals surface area contributed by atoms with Crippen LogP contribution in [0.2, 0.25) is 0 Å². The summed E-state index contributed by atoms with van der Waals surface area (Å²) in [6, 6.07) is 14.2. The standard InChI is InChI=1S/C15H11N3O2.ClH/c19-15(20)10-4-3-5-11(8-10)18-14-12-6-1-2-7-13(12)16-9-17-14;/h1-9H,(H,19,20)(H,16,17,18);1H. The van der Waals surface area contributed by atoms with Crippen molar-refractivity contribution in [2.24, 2.45) is 0 Å². The predicted molar refractivity (Wildman–Crippen MR) is 83.5 cm³/mol. The van der Waals surface area contributed by atoms with E-state index in [9.17, 15) is 4.79 Å². The molecular weight excluding hydrogens is 290 g/mol. The van der Waals surface area contributed by atoms with Gasteiger partial charge in [0, 0.05) is 11.1 Å². The molecule has 1 aromatic heterocycles. The van der Waals surface area contributed by atoms with Crippen LogP contribution in [0.3, 0.4) is 0 Å². The van der Waals surface area contributed by atoms with E-state index in [1.807, 2.05) is 24.3 Å². The monoisotopic (exact) mass is 301 g/mol. The van der Waals surface area contributed by atoms with E-state index in [1.165, 1.54) is 6.33 Å². The SMILES string of the molecule is Cl.O=C(O)c1cccc(Nc2ncnc3ccccc23)c1. The third-order valence-corrected chi connectivity index (χ3v) is 2.92. The van der Waals surface area contributed by atoms with Gasteiger partial charge in [-0.1, -0.05) is 18.2 Å². The van der Waals surface area contributed by atoms with E-state index in [0.717, 1.165) is 10.9 Å². The van der Waals surface area contributed by atoms with Gasteiger partial charge in [0.05, 0.1) is 11.1 Å². The lowest BCUT2D eigenvalue weighted by atomic mass is 10.2. The Balaban J connectivity index is 0.00000161. The summed E-state index contributed by atoms with van der Waals surface area (Å²) in [6.07, 6.45) is 1.48. The number of anilines is 2. The number of benzene rings is 2. The molecule has 0 saturated carbocycles. The van der Waals surface area contributed by atoms with E-state index in [2.05, 4.69) is 15.3 Å². The molecule has 3 rings (SSSR count). The van der Waals surface area contributed by atoms with Crippen LogP contribution in [0.5, 0.6) is 0 Å². The topological polar surface area (TPSA) is 75.1 Å². The molecule has 0 saturated heterocycles. The summed E-state index contributed by atoms with van der Waals surface area (Å²) < 4.78 is 0. The zero-order valence-corrected chi connectivity index (χ0v) is 11.7. The molecule has 3 aromatic rings. The van der Waals surface area contributed by atoms with Crippen molar-refractivity contribution in [3.05, 3.63) is 60.4 Å². The summed E-state index contributed by atoms with van der Waals surface area (Å²) >= 11 is 0. The Morgan fingerprint density at radius 2 is 1.86 bits per heavy atom. The highest BCUT2D eigenvalue weighted by Crippen LogP contribution is 2.23. The van der Waals surface area contributed by atoms with E-state index >= 15 is 0 Å². The summed E-state index contributed by atoms with van der Waals surface area (Å²) in [4.78, 5) is 19.4. The highest BCUT2D eigenvalue weighted by atomic mass is 35.5. The minimum absolute atomic E-state index is 0. The Morgan fingerprint density at radius 1 is 1.05 bits per heavy atom. The van der Waals surface area contributed by atoms with Crippen molar-refractivity contribution in [3.8, 4) is 0 Å². The molecule has 0 unspecified atom stereocenters. The summed E-state index contributed by atoms with van der Waals surface area (Å²) in [5, 5.41) is 13.0. The first-order chi connectivity index (χ1) is 9.74. The molecule has 21 heavy (non-hydrogen) atoms. The molecule has 0 spiro atoms. The van der Waals surface area contributed by atoms with Gasteiger partial charge in [-0.25, -0.2) is 14.8 Å². The van der Waals surface area contributed by atoms with Crippen molar-refractivity contribution < 1.29 is 9.90 Å². The molecule has 0 aliphatic carbocycles. The van der Waals surface area contributed by atoms with Crippen LogP contribution in [0.15, 0.2) is 54.9 Å². The highest BCUT2D eigenvalue weighted by molar-refractivity contribution is 5.92. The van der Waals surface area contributed by atoms with E-state index in [4.69, 9.17) is 5.11 Å². The molecular formula is C15H12ClN3O2. The second-order valence-electron chi connectivity index (χ2n) is 4.25. The first kappa shape index (κ1) is 14.7. The maximum Gasteiger partial charge on any atom is 0.335 e. The number of halogens is 1. The first-order valence-electron chi connectivity index (χ1n) is 6.04. The molecule has 106 valence electrons. The van der Waals surface area contributed by atoms with Crippen LogP contribution in [-0.2, 0) is 0 Å². The van der Waals surface area contributed by atoms with E-state index < -0.39 is 5.97 Å². The summed E-state index contributed by atoms with van der Waals surface area (Å²) in [5.74, 6) is -0.306. The van der Waals surface area contributed by atoms with Crippen molar-refractivity contribution in [2.45, 2.75) is 0 Å². The number of hydrogen-bond acceptors (Lipinski definition) is 4. The van der Waals surface area contributed by atoms with Gasteiger partial charge in [0.2, 0.25) is 0 Å². The molecule has 0 amide bonds. The second kappa shape index (κ2) is 6.19. The Hall–Kier alpha value is -2.66. The van der Waals surface area contributed by atoms with Crippen LogP contribution < -0.4 is 5.32 Å². The van der Waals surface area contributed by atoms with Crippen LogP contribution in [-0.4, -0.2) is 21.0 Å². The number of hydrogen-bond donors (Lipinski definition) is 2. The van der Waals surface area contributed by atoms with Crippen LogP contribution >= 0.6 is 12.4 Å². The van der Waals surface area contributed by atoms with Crippen LogP contribution in [0.4, 0.5) is 11.5 Å².